The summed E-state index contributed by atoms with van der Waals surface area (Å²) in [7, 11) is -3.29. The molecule has 0 bridgehead atoms. The summed E-state index contributed by atoms with van der Waals surface area (Å²) in [4.78, 5) is 15.1. The molecule has 1 N–H and O–H groups in total. The van der Waals surface area contributed by atoms with Crippen LogP contribution in [-0.4, -0.2) is 42.7 Å². The third kappa shape index (κ3) is 5.89. The van der Waals surface area contributed by atoms with Gasteiger partial charge in [-0.15, -0.1) is 10.1 Å². The van der Waals surface area contributed by atoms with Gasteiger partial charge in [-0.2, -0.15) is 5.10 Å². The average molecular weight is 445 g/mol. The van der Waals surface area contributed by atoms with Gasteiger partial charge in [-0.05, 0) is 31.0 Å². The number of sulfone groups is 1. The van der Waals surface area contributed by atoms with Crippen LogP contribution in [0.2, 0.25) is 0 Å². The maximum atomic E-state index is 11.7. The van der Waals surface area contributed by atoms with E-state index in [0.717, 1.165) is 22.4 Å². The summed E-state index contributed by atoms with van der Waals surface area (Å²) in [6.45, 7) is 2.11. The van der Waals surface area contributed by atoms with Gasteiger partial charge in [0.15, 0.2) is 9.84 Å². The highest BCUT2D eigenvalue weighted by Crippen LogP contribution is 2.34. The molecule has 31 heavy (non-hydrogen) atoms. The highest BCUT2D eigenvalue weighted by molar-refractivity contribution is 7.90. The Labute approximate surface area is 180 Å². The highest BCUT2D eigenvalue weighted by Gasteiger charge is 2.18. The minimum absolute atomic E-state index is 0.226. The third-order valence-electron chi connectivity index (χ3n) is 4.64. The lowest BCUT2D eigenvalue weighted by Gasteiger charge is -2.10. The second-order valence-electron chi connectivity index (χ2n) is 7.07. The van der Waals surface area contributed by atoms with Crippen LogP contribution in [0, 0.1) is 10.1 Å². The average Bonchev–Trinajstić information content (AvgIpc) is 3.14. The molecule has 1 atom stereocenters. The van der Waals surface area contributed by atoms with Gasteiger partial charge in [0.1, 0.15) is 11.8 Å². The number of benzene rings is 2. The summed E-state index contributed by atoms with van der Waals surface area (Å²) in [6, 6.07) is 16.2. The first-order chi connectivity index (χ1) is 14.8. The molecule has 3 rings (SSSR count). The van der Waals surface area contributed by atoms with E-state index in [0.29, 0.717) is 12.1 Å². The van der Waals surface area contributed by atoms with Crippen LogP contribution in [0.15, 0.2) is 59.5 Å². The number of hydrogen-bond donors (Lipinski definition) is 1. The van der Waals surface area contributed by atoms with Crippen molar-refractivity contribution in [3.63, 3.8) is 0 Å². The van der Waals surface area contributed by atoms with Gasteiger partial charge < -0.3 is 9.57 Å². The topological polar surface area (TPSA) is 124 Å². The molecule has 0 aliphatic heterocycles. The SMILES string of the molecule is CC(CCOCc1[nH]nc(-c2ccc(S(C)(=O)=O)cc2)c1-c1ccccc1)O[N+](=O)[O-]. The van der Waals surface area contributed by atoms with Crippen LogP contribution in [-0.2, 0) is 26.0 Å². The molecule has 3 aromatic rings. The molecular weight excluding hydrogens is 422 g/mol. The maximum absolute atomic E-state index is 11.7. The van der Waals surface area contributed by atoms with Crippen LogP contribution in [0.4, 0.5) is 0 Å². The number of ether oxygens (including phenoxy) is 1. The molecule has 0 aliphatic carbocycles. The molecule has 164 valence electrons. The Bertz CT molecular complexity index is 1130. The monoisotopic (exact) mass is 445 g/mol. The molecule has 1 aromatic heterocycles. The van der Waals surface area contributed by atoms with Crippen LogP contribution in [0.5, 0.6) is 0 Å². The van der Waals surface area contributed by atoms with E-state index in [1.165, 1.54) is 6.26 Å². The van der Waals surface area contributed by atoms with Crippen molar-refractivity contribution >= 4 is 9.84 Å². The Morgan fingerprint density at radius 1 is 1.10 bits per heavy atom. The quantitative estimate of drug-likeness (QED) is 0.287. The second kappa shape index (κ2) is 9.71. The molecule has 0 fully saturated rings. The Morgan fingerprint density at radius 2 is 1.77 bits per heavy atom. The predicted molar refractivity (Wildman–Crippen MR) is 114 cm³/mol. The highest BCUT2D eigenvalue weighted by atomic mass is 32.2. The number of rotatable bonds is 10. The predicted octanol–water partition coefficient (Wildman–Crippen LogP) is 3.65. The zero-order valence-electron chi connectivity index (χ0n) is 17.1. The molecule has 10 heteroatoms. The number of aromatic nitrogens is 2. The Kier molecular flexibility index (Phi) is 7.03. The van der Waals surface area contributed by atoms with Crippen LogP contribution >= 0.6 is 0 Å². The standard InChI is InChI=1S/C21H23N3O6S/c1-15(30-24(25)26)12-13-29-14-19-20(16-6-4-3-5-7-16)21(23-22-19)17-8-10-18(11-9-17)31(2,27)28/h3-11,15H,12-14H2,1-2H3,(H,22,23). The fourth-order valence-electron chi connectivity index (χ4n) is 3.09. The van der Waals surface area contributed by atoms with E-state index in [-0.39, 0.29) is 18.1 Å². The molecule has 0 radical (unpaired) electrons. The zero-order valence-corrected chi connectivity index (χ0v) is 18.0. The van der Waals surface area contributed by atoms with E-state index < -0.39 is 21.0 Å². The van der Waals surface area contributed by atoms with Crippen molar-refractivity contribution in [3.05, 3.63) is 70.4 Å². The molecule has 0 spiro atoms. The molecule has 2 aromatic carbocycles. The number of hydrogen-bond acceptors (Lipinski definition) is 7. The van der Waals surface area contributed by atoms with Gasteiger partial charge in [-0.25, -0.2) is 8.42 Å². The fraction of sp³-hybridized carbons (Fsp3) is 0.286. The summed E-state index contributed by atoms with van der Waals surface area (Å²) < 4.78 is 29.2. The van der Waals surface area contributed by atoms with E-state index >= 15 is 0 Å². The zero-order chi connectivity index (χ0) is 22.4. The van der Waals surface area contributed by atoms with Crippen molar-refractivity contribution in [1.82, 2.24) is 10.2 Å². The van der Waals surface area contributed by atoms with Crippen molar-refractivity contribution in [1.29, 1.82) is 0 Å². The lowest BCUT2D eigenvalue weighted by molar-refractivity contribution is -0.767. The number of H-pyrrole nitrogens is 1. The van der Waals surface area contributed by atoms with Crippen LogP contribution < -0.4 is 0 Å². The largest absolute Gasteiger partial charge is 0.375 e. The Balaban J connectivity index is 1.83. The van der Waals surface area contributed by atoms with Crippen LogP contribution in [0.3, 0.4) is 0 Å². The van der Waals surface area contributed by atoms with Gasteiger partial charge in [0.2, 0.25) is 0 Å². The first kappa shape index (κ1) is 22.4. The van der Waals surface area contributed by atoms with Crippen molar-refractivity contribution in [2.75, 3.05) is 12.9 Å². The fourth-order valence-corrected chi connectivity index (χ4v) is 3.72. The van der Waals surface area contributed by atoms with E-state index in [4.69, 9.17) is 4.74 Å². The first-order valence-corrected chi connectivity index (χ1v) is 11.5. The van der Waals surface area contributed by atoms with Gasteiger partial charge in [0.05, 0.1) is 17.2 Å². The van der Waals surface area contributed by atoms with Gasteiger partial charge in [0.25, 0.3) is 5.09 Å². The lowest BCUT2D eigenvalue weighted by atomic mass is 9.99. The van der Waals surface area contributed by atoms with Gasteiger partial charge in [-0.3, -0.25) is 5.10 Å². The first-order valence-electron chi connectivity index (χ1n) is 9.57. The summed E-state index contributed by atoms with van der Waals surface area (Å²) in [6.07, 6.45) is 0.975. The molecule has 1 unspecified atom stereocenters. The van der Waals surface area contributed by atoms with Crippen molar-refractivity contribution < 1.29 is 23.1 Å². The lowest BCUT2D eigenvalue weighted by Crippen LogP contribution is -2.15. The summed E-state index contributed by atoms with van der Waals surface area (Å²) in [5.74, 6) is 0. The summed E-state index contributed by atoms with van der Waals surface area (Å²) in [5.41, 5.74) is 3.97. The van der Waals surface area contributed by atoms with Gasteiger partial charge >= 0.3 is 0 Å². The van der Waals surface area contributed by atoms with E-state index in [1.54, 1.807) is 31.2 Å². The van der Waals surface area contributed by atoms with Gasteiger partial charge in [0, 0.05) is 24.0 Å². The molecule has 9 nitrogen and oxygen atoms in total. The van der Waals surface area contributed by atoms with Crippen molar-refractivity contribution in [2.24, 2.45) is 0 Å². The Morgan fingerprint density at radius 3 is 2.39 bits per heavy atom. The van der Waals surface area contributed by atoms with E-state index in [1.807, 2.05) is 30.3 Å². The maximum Gasteiger partial charge on any atom is 0.294 e. The second-order valence-corrected chi connectivity index (χ2v) is 9.08. The van der Waals surface area contributed by atoms with Gasteiger partial charge in [-0.1, -0.05) is 42.5 Å². The normalized spacial score (nSPS) is 12.5. The number of aromatic amines is 1. The van der Waals surface area contributed by atoms with E-state index in [9.17, 15) is 18.5 Å². The molecular formula is C21H23N3O6S. The molecule has 0 saturated heterocycles. The van der Waals surface area contributed by atoms with E-state index in [2.05, 4.69) is 15.0 Å². The van der Waals surface area contributed by atoms with Crippen LogP contribution in [0.1, 0.15) is 19.0 Å². The third-order valence-corrected chi connectivity index (χ3v) is 5.77. The van der Waals surface area contributed by atoms with Crippen molar-refractivity contribution in [3.8, 4) is 22.4 Å². The summed E-state index contributed by atoms with van der Waals surface area (Å²) in [5, 5.41) is 17.0. The number of nitrogens with one attached hydrogen (secondary N) is 1. The minimum atomic E-state index is -3.29. The smallest absolute Gasteiger partial charge is 0.294 e. The summed E-state index contributed by atoms with van der Waals surface area (Å²) >= 11 is 0. The minimum Gasteiger partial charge on any atom is -0.375 e. The molecule has 0 amide bonds. The molecule has 0 saturated carbocycles. The number of nitrogens with zero attached hydrogens (tertiary/aromatic N) is 2. The molecule has 1 heterocycles. The van der Waals surface area contributed by atoms with Crippen LogP contribution in [0.25, 0.3) is 22.4 Å². The van der Waals surface area contributed by atoms with Crippen molar-refractivity contribution in [2.45, 2.75) is 31.0 Å². The molecule has 0 aliphatic rings. The Hall–Kier alpha value is -3.24.